The molecule has 1 aromatic rings. The van der Waals surface area contributed by atoms with Gasteiger partial charge in [0.25, 0.3) is 0 Å². The summed E-state index contributed by atoms with van der Waals surface area (Å²) in [5.74, 6) is -0.205. The molecule has 1 aromatic carbocycles. The molecule has 18 heavy (non-hydrogen) atoms. The van der Waals surface area contributed by atoms with E-state index < -0.39 is 0 Å². The number of halogens is 2. The van der Waals surface area contributed by atoms with Gasteiger partial charge in [0.2, 0.25) is 0 Å². The lowest BCUT2D eigenvalue weighted by atomic mass is 10.0. The maximum Gasteiger partial charge on any atom is 0.307 e. The van der Waals surface area contributed by atoms with Gasteiger partial charge >= 0.3 is 5.97 Å². The molecule has 0 aliphatic rings. The van der Waals surface area contributed by atoms with E-state index >= 15 is 0 Å². The van der Waals surface area contributed by atoms with E-state index in [9.17, 15) is 4.79 Å². The van der Waals surface area contributed by atoms with Gasteiger partial charge in [0.15, 0.2) is 0 Å². The number of hydrogen-bond donors (Lipinski definition) is 0. The van der Waals surface area contributed by atoms with E-state index in [0.29, 0.717) is 18.1 Å². The highest BCUT2D eigenvalue weighted by Crippen LogP contribution is 2.31. The highest BCUT2D eigenvalue weighted by atomic mass is 79.9. The fraction of sp³-hybridized carbons (Fsp3) is 0.462. The van der Waals surface area contributed by atoms with E-state index in [4.69, 9.17) is 16.3 Å². The van der Waals surface area contributed by atoms with E-state index in [2.05, 4.69) is 15.9 Å². The van der Waals surface area contributed by atoms with Gasteiger partial charge in [-0.05, 0) is 44.8 Å². The monoisotopic (exact) mass is 333 g/mol. The fourth-order valence-electron chi connectivity index (χ4n) is 1.72. The molecule has 0 aromatic heterocycles. The van der Waals surface area contributed by atoms with Crippen molar-refractivity contribution >= 4 is 33.5 Å². The zero-order valence-electron chi connectivity index (χ0n) is 10.7. The molecule has 0 aliphatic carbocycles. The van der Waals surface area contributed by atoms with Crippen LogP contribution >= 0.6 is 27.5 Å². The van der Waals surface area contributed by atoms with Gasteiger partial charge in [-0.3, -0.25) is 4.79 Å². The Hall–Kier alpha value is -0.580. The number of esters is 1. The third-order valence-corrected chi connectivity index (χ3v) is 3.56. The van der Waals surface area contributed by atoms with Crippen molar-refractivity contribution in [3.05, 3.63) is 33.3 Å². The first-order valence-corrected chi connectivity index (χ1v) is 6.89. The maximum atomic E-state index is 11.6. The average molecular weight is 335 g/mol. The lowest BCUT2D eigenvalue weighted by molar-refractivity contribution is -0.144. The van der Waals surface area contributed by atoms with Crippen molar-refractivity contribution in [2.75, 3.05) is 20.7 Å². The molecule has 1 atom stereocenters. The van der Waals surface area contributed by atoms with E-state index in [0.717, 1.165) is 10.0 Å². The predicted molar refractivity (Wildman–Crippen MR) is 76.8 cm³/mol. The van der Waals surface area contributed by atoms with Crippen LogP contribution in [0, 0.1) is 0 Å². The molecule has 3 nitrogen and oxygen atoms in total. The third kappa shape index (κ3) is 4.26. The normalized spacial score (nSPS) is 12.6. The number of carbonyl (C=O) groups excluding carboxylic acids is 1. The van der Waals surface area contributed by atoms with Crippen molar-refractivity contribution in [3.63, 3.8) is 0 Å². The summed E-state index contributed by atoms with van der Waals surface area (Å²) in [6.45, 7) is 2.20. The molecule has 0 spiro atoms. The van der Waals surface area contributed by atoms with Crippen molar-refractivity contribution in [2.24, 2.45) is 0 Å². The molecule has 0 saturated carbocycles. The Bertz CT molecular complexity index is 423. The fourth-order valence-corrected chi connectivity index (χ4v) is 2.41. The number of ether oxygens (including phenoxy) is 1. The summed E-state index contributed by atoms with van der Waals surface area (Å²) in [4.78, 5) is 13.6. The number of benzene rings is 1. The Balaban J connectivity index is 2.97. The summed E-state index contributed by atoms with van der Waals surface area (Å²) < 4.78 is 5.94. The van der Waals surface area contributed by atoms with Crippen molar-refractivity contribution in [1.29, 1.82) is 0 Å². The highest BCUT2D eigenvalue weighted by molar-refractivity contribution is 9.10. The zero-order chi connectivity index (χ0) is 13.7. The lowest BCUT2D eigenvalue weighted by Gasteiger charge is -2.25. The smallest absolute Gasteiger partial charge is 0.307 e. The first kappa shape index (κ1) is 15.5. The molecule has 0 heterocycles. The minimum absolute atomic E-state index is 0.0582. The van der Waals surface area contributed by atoms with Gasteiger partial charge < -0.3 is 9.64 Å². The molecule has 0 N–H and O–H groups in total. The second kappa shape index (κ2) is 7.12. The third-order valence-electron chi connectivity index (χ3n) is 2.61. The first-order chi connectivity index (χ1) is 8.45. The molecule has 0 bridgehead atoms. The van der Waals surface area contributed by atoms with E-state index in [1.807, 2.05) is 37.2 Å². The largest absolute Gasteiger partial charge is 0.466 e. The van der Waals surface area contributed by atoms with Crippen molar-refractivity contribution in [3.8, 4) is 0 Å². The zero-order valence-corrected chi connectivity index (χ0v) is 13.1. The summed E-state index contributed by atoms with van der Waals surface area (Å²) in [6, 6.07) is 5.51. The molecule has 0 saturated heterocycles. The molecule has 0 fully saturated rings. The van der Waals surface area contributed by atoms with E-state index in [1.54, 1.807) is 6.92 Å². The molecular formula is C13H17BrClNO2. The van der Waals surface area contributed by atoms with Gasteiger partial charge in [-0.15, -0.1) is 0 Å². The number of carbonyl (C=O) groups is 1. The molecule has 0 radical (unpaired) electrons. The second-order valence-electron chi connectivity index (χ2n) is 4.15. The Labute approximate surface area is 121 Å². The summed E-state index contributed by atoms with van der Waals surface area (Å²) in [7, 11) is 3.86. The van der Waals surface area contributed by atoms with Crippen molar-refractivity contribution in [1.82, 2.24) is 4.90 Å². The van der Waals surface area contributed by atoms with Crippen LogP contribution in [0.5, 0.6) is 0 Å². The van der Waals surface area contributed by atoms with Crippen LogP contribution in [0.2, 0.25) is 5.02 Å². The van der Waals surface area contributed by atoms with Crippen LogP contribution in [0.1, 0.15) is 24.9 Å². The molecule has 0 amide bonds. The minimum atomic E-state index is -0.205. The van der Waals surface area contributed by atoms with Gasteiger partial charge in [0.05, 0.1) is 13.0 Å². The summed E-state index contributed by atoms with van der Waals surface area (Å²) in [6.07, 6.45) is 0.305. The van der Waals surface area contributed by atoms with E-state index in [-0.39, 0.29) is 12.0 Å². The second-order valence-corrected chi connectivity index (χ2v) is 5.45. The maximum absolute atomic E-state index is 11.6. The number of nitrogens with zero attached hydrogens (tertiary/aromatic N) is 1. The molecular weight excluding hydrogens is 318 g/mol. The summed E-state index contributed by atoms with van der Waals surface area (Å²) >= 11 is 9.50. The van der Waals surface area contributed by atoms with Crippen LogP contribution in [0.15, 0.2) is 22.7 Å². The van der Waals surface area contributed by atoms with Crippen LogP contribution < -0.4 is 0 Å². The van der Waals surface area contributed by atoms with Crippen LogP contribution in [-0.4, -0.2) is 31.6 Å². The quantitative estimate of drug-likeness (QED) is 0.770. The first-order valence-electron chi connectivity index (χ1n) is 5.72. The van der Waals surface area contributed by atoms with Crippen LogP contribution in [-0.2, 0) is 9.53 Å². The molecule has 0 aliphatic heterocycles. The molecule has 1 unspecified atom stereocenters. The summed E-state index contributed by atoms with van der Waals surface area (Å²) in [5.41, 5.74) is 0.987. The molecule has 1 rings (SSSR count). The van der Waals surface area contributed by atoms with Gasteiger partial charge in [-0.25, -0.2) is 0 Å². The van der Waals surface area contributed by atoms with Crippen molar-refractivity contribution < 1.29 is 9.53 Å². The Kier molecular flexibility index (Phi) is 6.12. The topological polar surface area (TPSA) is 29.5 Å². The Morgan fingerprint density at radius 2 is 2.17 bits per heavy atom. The highest BCUT2D eigenvalue weighted by Gasteiger charge is 2.21. The van der Waals surface area contributed by atoms with Crippen LogP contribution in [0.4, 0.5) is 0 Å². The average Bonchev–Trinajstić information content (AvgIpc) is 2.29. The van der Waals surface area contributed by atoms with Gasteiger partial charge in [-0.1, -0.05) is 27.5 Å². The standard InChI is InChI=1S/C13H17BrClNO2/c1-4-18-13(17)8-12(16(2)3)10-7-9(15)5-6-11(10)14/h5-7,12H,4,8H2,1-3H3. The summed E-state index contributed by atoms with van der Waals surface area (Å²) in [5, 5.41) is 0.656. The van der Waals surface area contributed by atoms with Gasteiger partial charge in [0, 0.05) is 15.5 Å². The van der Waals surface area contributed by atoms with Gasteiger partial charge in [0.1, 0.15) is 0 Å². The van der Waals surface area contributed by atoms with Crippen LogP contribution in [0.25, 0.3) is 0 Å². The van der Waals surface area contributed by atoms with Crippen molar-refractivity contribution in [2.45, 2.75) is 19.4 Å². The Morgan fingerprint density at radius 1 is 1.50 bits per heavy atom. The molecule has 100 valence electrons. The lowest BCUT2D eigenvalue weighted by Crippen LogP contribution is -2.24. The predicted octanol–water partition coefficient (Wildman–Crippen LogP) is 3.66. The molecule has 5 heteroatoms. The SMILES string of the molecule is CCOC(=O)CC(c1cc(Cl)ccc1Br)N(C)C. The minimum Gasteiger partial charge on any atom is -0.466 e. The van der Waals surface area contributed by atoms with Crippen LogP contribution in [0.3, 0.4) is 0 Å². The van der Waals surface area contributed by atoms with Gasteiger partial charge in [-0.2, -0.15) is 0 Å². The van der Waals surface area contributed by atoms with E-state index in [1.165, 1.54) is 0 Å². The number of hydrogen-bond acceptors (Lipinski definition) is 3. The number of rotatable bonds is 5. The Morgan fingerprint density at radius 3 is 2.72 bits per heavy atom.